The number of hydrogen-bond acceptors (Lipinski definition) is 4. The molecule has 0 N–H and O–H groups in total. The SMILES string of the molecule is ClC1(c2sccc2-c2sccc2-c2cccs2)CC=CS1. The number of rotatable bonds is 3. The van der Waals surface area contributed by atoms with Crippen molar-refractivity contribution < 1.29 is 0 Å². The summed E-state index contributed by atoms with van der Waals surface area (Å²) in [5.74, 6) is 0. The van der Waals surface area contributed by atoms with Crippen molar-refractivity contribution >= 4 is 57.4 Å². The van der Waals surface area contributed by atoms with Gasteiger partial charge in [0, 0.05) is 25.8 Å². The second-order valence-corrected chi connectivity index (χ2v) is 9.58. The van der Waals surface area contributed by atoms with E-state index in [0.717, 1.165) is 6.42 Å². The molecule has 0 spiro atoms. The molecule has 4 heterocycles. The molecule has 0 amide bonds. The molecule has 0 fully saturated rings. The molecule has 0 saturated carbocycles. The maximum Gasteiger partial charge on any atom is 0.132 e. The topological polar surface area (TPSA) is 0 Å². The Balaban J connectivity index is 1.83. The molecule has 106 valence electrons. The zero-order chi connectivity index (χ0) is 14.3. The highest BCUT2D eigenvalue weighted by Gasteiger charge is 2.35. The maximum atomic E-state index is 6.85. The van der Waals surface area contributed by atoms with Gasteiger partial charge in [-0.1, -0.05) is 12.1 Å². The van der Waals surface area contributed by atoms with E-state index in [2.05, 4.69) is 51.9 Å². The molecule has 1 unspecified atom stereocenters. The van der Waals surface area contributed by atoms with E-state index in [1.54, 1.807) is 45.8 Å². The Morgan fingerprint density at radius 1 is 0.952 bits per heavy atom. The van der Waals surface area contributed by atoms with E-state index in [0.29, 0.717) is 0 Å². The summed E-state index contributed by atoms with van der Waals surface area (Å²) in [6, 6.07) is 8.72. The van der Waals surface area contributed by atoms with Gasteiger partial charge in [0.05, 0.1) is 0 Å². The fourth-order valence-corrected chi connectivity index (χ4v) is 6.78. The second kappa shape index (κ2) is 5.60. The van der Waals surface area contributed by atoms with Crippen LogP contribution in [0.1, 0.15) is 11.3 Å². The first kappa shape index (κ1) is 14.1. The largest absolute Gasteiger partial charge is 0.145 e. The second-order valence-electron chi connectivity index (χ2n) is 4.73. The van der Waals surface area contributed by atoms with Gasteiger partial charge in [0.1, 0.15) is 4.21 Å². The minimum Gasteiger partial charge on any atom is -0.145 e. The lowest BCUT2D eigenvalue weighted by molar-refractivity contribution is 0.925. The van der Waals surface area contributed by atoms with Crippen molar-refractivity contribution in [2.24, 2.45) is 0 Å². The molecular formula is C16H11ClS4. The van der Waals surface area contributed by atoms with Crippen LogP contribution in [0.15, 0.2) is 51.9 Å². The molecule has 0 nitrogen and oxygen atoms in total. The summed E-state index contributed by atoms with van der Waals surface area (Å²) in [6.07, 6.45) is 3.06. The summed E-state index contributed by atoms with van der Waals surface area (Å²) < 4.78 is -0.319. The van der Waals surface area contributed by atoms with Crippen molar-refractivity contribution in [2.75, 3.05) is 0 Å². The van der Waals surface area contributed by atoms with Crippen LogP contribution in [0, 0.1) is 0 Å². The molecule has 3 aromatic heterocycles. The van der Waals surface area contributed by atoms with Crippen LogP contribution in [0.5, 0.6) is 0 Å². The molecular weight excluding hydrogens is 356 g/mol. The van der Waals surface area contributed by atoms with E-state index in [4.69, 9.17) is 11.6 Å². The fourth-order valence-electron chi connectivity index (χ4n) is 2.47. The van der Waals surface area contributed by atoms with Crippen LogP contribution in [0.2, 0.25) is 0 Å². The zero-order valence-electron chi connectivity index (χ0n) is 10.9. The Morgan fingerprint density at radius 2 is 1.81 bits per heavy atom. The lowest BCUT2D eigenvalue weighted by Gasteiger charge is -2.20. The number of alkyl halides is 1. The lowest BCUT2D eigenvalue weighted by Crippen LogP contribution is -2.08. The van der Waals surface area contributed by atoms with E-state index in [1.807, 2.05) is 0 Å². The molecule has 0 radical (unpaired) electrons. The van der Waals surface area contributed by atoms with Gasteiger partial charge in [0.2, 0.25) is 0 Å². The molecule has 0 aromatic carbocycles. The average molecular weight is 367 g/mol. The minimum atomic E-state index is -0.319. The van der Waals surface area contributed by atoms with Crippen LogP contribution < -0.4 is 0 Å². The van der Waals surface area contributed by atoms with Gasteiger partial charge in [-0.15, -0.1) is 57.4 Å². The van der Waals surface area contributed by atoms with Gasteiger partial charge < -0.3 is 0 Å². The molecule has 0 bridgehead atoms. The third-order valence-electron chi connectivity index (χ3n) is 3.43. The molecule has 1 aliphatic heterocycles. The van der Waals surface area contributed by atoms with Crippen molar-refractivity contribution in [2.45, 2.75) is 10.6 Å². The molecule has 0 aliphatic carbocycles. The van der Waals surface area contributed by atoms with Crippen molar-refractivity contribution in [3.8, 4) is 20.9 Å². The van der Waals surface area contributed by atoms with E-state index >= 15 is 0 Å². The Hall–Kier alpha value is -0.520. The number of thiophene rings is 3. The Bertz CT molecular complexity index is 771. The van der Waals surface area contributed by atoms with E-state index in [9.17, 15) is 0 Å². The van der Waals surface area contributed by atoms with E-state index < -0.39 is 0 Å². The Kier molecular flexibility index (Phi) is 3.76. The third-order valence-corrected chi connectivity index (χ3v) is 8.28. The molecule has 1 atom stereocenters. The molecule has 0 saturated heterocycles. The Labute approximate surface area is 145 Å². The van der Waals surface area contributed by atoms with Crippen molar-refractivity contribution in [1.82, 2.24) is 0 Å². The van der Waals surface area contributed by atoms with E-state index in [1.165, 1.54) is 25.8 Å². The summed E-state index contributed by atoms with van der Waals surface area (Å²) in [5.41, 5.74) is 2.62. The zero-order valence-corrected chi connectivity index (χ0v) is 14.9. The minimum absolute atomic E-state index is 0.319. The van der Waals surface area contributed by atoms with Crippen LogP contribution in [0.3, 0.4) is 0 Å². The average Bonchev–Trinajstić information content (AvgIpc) is 3.25. The van der Waals surface area contributed by atoms with Gasteiger partial charge >= 0.3 is 0 Å². The summed E-state index contributed by atoms with van der Waals surface area (Å²) in [4.78, 5) is 3.94. The molecule has 1 aliphatic rings. The van der Waals surface area contributed by atoms with Crippen LogP contribution in [0.4, 0.5) is 0 Å². The molecule has 4 rings (SSSR count). The Morgan fingerprint density at radius 3 is 2.57 bits per heavy atom. The summed E-state index contributed by atoms with van der Waals surface area (Å²) in [7, 11) is 0. The van der Waals surface area contributed by atoms with Crippen LogP contribution in [-0.4, -0.2) is 0 Å². The highest BCUT2D eigenvalue weighted by molar-refractivity contribution is 8.04. The standard InChI is InChI=1S/C16H11ClS4/c17-16(6-2-8-21-16)15-12(5-10-20-15)14-11(4-9-19-14)13-3-1-7-18-13/h1-5,7-10H,6H2. The predicted molar refractivity (Wildman–Crippen MR) is 99.8 cm³/mol. The third kappa shape index (κ3) is 2.43. The van der Waals surface area contributed by atoms with Crippen LogP contribution >= 0.6 is 57.4 Å². The first-order valence-corrected chi connectivity index (χ1v) is 10.4. The van der Waals surface area contributed by atoms with Crippen molar-refractivity contribution in [1.29, 1.82) is 0 Å². The van der Waals surface area contributed by atoms with Crippen molar-refractivity contribution in [3.05, 3.63) is 56.8 Å². The molecule has 3 aromatic rings. The van der Waals surface area contributed by atoms with Gasteiger partial charge in [-0.2, -0.15) is 0 Å². The number of thioether (sulfide) groups is 1. The summed E-state index contributed by atoms with van der Waals surface area (Å²) in [5, 5.41) is 8.58. The smallest absolute Gasteiger partial charge is 0.132 e. The maximum absolute atomic E-state index is 6.85. The monoisotopic (exact) mass is 366 g/mol. The quantitative estimate of drug-likeness (QED) is 0.440. The summed E-state index contributed by atoms with van der Waals surface area (Å²) >= 11 is 13.9. The molecule has 21 heavy (non-hydrogen) atoms. The first-order chi connectivity index (χ1) is 10.3. The number of allylic oxidation sites excluding steroid dienone is 1. The van der Waals surface area contributed by atoms with E-state index in [-0.39, 0.29) is 4.21 Å². The number of hydrogen-bond donors (Lipinski definition) is 0. The van der Waals surface area contributed by atoms with Gasteiger partial charge in [-0.05, 0) is 46.2 Å². The predicted octanol–water partition coefficient (Wildman–Crippen LogP) is 7.25. The highest BCUT2D eigenvalue weighted by Crippen LogP contribution is 2.55. The molecule has 5 heteroatoms. The van der Waals surface area contributed by atoms with Crippen LogP contribution in [0.25, 0.3) is 20.9 Å². The van der Waals surface area contributed by atoms with Crippen LogP contribution in [-0.2, 0) is 4.21 Å². The normalized spacial score (nSPS) is 21.2. The van der Waals surface area contributed by atoms with Gasteiger partial charge in [-0.3, -0.25) is 0 Å². The summed E-state index contributed by atoms with van der Waals surface area (Å²) in [6.45, 7) is 0. The van der Waals surface area contributed by atoms with Gasteiger partial charge in [-0.25, -0.2) is 0 Å². The highest BCUT2D eigenvalue weighted by atomic mass is 35.5. The lowest BCUT2D eigenvalue weighted by atomic mass is 10.1. The first-order valence-electron chi connectivity index (χ1n) is 6.49. The fraction of sp³-hybridized carbons (Fsp3) is 0.125. The number of halogens is 1. The van der Waals surface area contributed by atoms with Crippen molar-refractivity contribution in [3.63, 3.8) is 0 Å². The van der Waals surface area contributed by atoms with Gasteiger partial charge in [0.25, 0.3) is 0 Å². The van der Waals surface area contributed by atoms with Gasteiger partial charge in [0.15, 0.2) is 0 Å².